The summed E-state index contributed by atoms with van der Waals surface area (Å²) in [6, 6.07) is 22.2. The maximum absolute atomic E-state index is 13.7. The second-order valence-electron chi connectivity index (χ2n) is 8.59. The SMILES string of the molecule is CC(C)N1C(=O)C(NC(=O)CCc2ccc(Cl)cc2Cl)CN(c2ccccc2)c2ccccc21. The van der Waals surface area contributed by atoms with Crippen molar-refractivity contribution in [2.24, 2.45) is 0 Å². The molecule has 0 bridgehead atoms. The Hall–Kier alpha value is -3.02. The first-order valence-electron chi connectivity index (χ1n) is 11.3. The van der Waals surface area contributed by atoms with E-state index in [9.17, 15) is 9.59 Å². The van der Waals surface area contributed by atoms with Gasteiger partial charge in [-0.15, -0.1) is 0 Å². The van der Waals surface area contributed by atoms with Crippen LogP contribution in [-0.2, 0) is 16.0 Å². The molecule has 0 radical (unpaired) electrons. The Morgan fingerprint density at radius 1 is 1.00 bits per heavy atom. The van der Waals surface area contributed by atoms with Gasteiger partial charge < -0.3 is 15.1 Å². The molecule has 0 fully saturated rings. The molecule has 2 amide bonds. The Bertz CT molecular complexity index is 1180. The molecule has 7 heteroatoms. The largest absolute Gasteiger partial charge is 0.343 e. The number of benzene rings is 3. The Labute approximate surface area is 210 Å². The summed E-state index contributed by atoms with van der Waals surface area (Å²) >= 11 is 12.2. The van der Waals surface area contributed by atoms with Crippen molar-refractivity contribution in [3.8, 4) is 0 Å². The van der Waals surface area contributed by atoms with Gasteiger partial charge in [0.1, 0.15) is 6.04 Å². The maximum Gasteiger partial charge on any atom is 0.251 e. The number of para-hydroxylation sites is 3. The highest BCUT2D eigenvalue weighted by Gasteiger charge is 2.36. The Morgan fingerprint density at radius 2 is 1.68 bits per heavy atom. The molecule has 1 aliphatic heterocycles. The summed E-state index contributed by atoms with van der Waals surface area (Å²) in [6.07, 6.45) is 0.671. The van der Waals surface area contributed by atoms with Crippen LogP contribution >= 0.6 is 23.2 Å². The Morgan fingerprint density at radius 3 is 2.35 bits per heavy atom. The van der Waals surface area contributed by atoms with Crippen molar-refractivity contribution >= 4 is 52.1 Å². The lowest BCUT2D eigenvalue weighted by Crippen LogP contribution is -2.53. The van der Waals surface area contributed by atoms with Gasteiger partial charge in [-0.2, -0.15) is 0 Å². The zero-order chi connectivity index (χ0) is 24.2. The van der Waals surface area contributed by atoms with Crippen LogP contribution in [0.4, 0.5) is 17.1 Å². The number of amides is 2. The minimum atomic E-state index is -0.705. The minimum Gasteiger partial charge on any atom is -0.343 e. The van der Waals surface area contributed by atoms with E-state index in [4.69, 9.17) is 23.2 Å². The van der Waals surface area contributed by atoms with Crippen LogP contribution in [0.3, 0.4) is 0 Å². The summed E-state index contributed by atoms with van der Waals surface area (Å²) in [5, 5.41) is 4.07. The first kappa shape index (κ1) is 24.1. The van der Waals surface area contributed by atoms with E-state index < -0.39 is 6.04 Å². The molecule has 5 nitrogen and oxygen atoms in total. The lowest BCUT2D eigenvalue weighted by Gasteiger charge is -2.29. The monoisotopic (exact) mass is 495 g/mol. The second kappa shape index (κ2) is 10.5. The number of carbonyl (C=O) groups excluding carboxylic acids is 2. The van der Waals surface area contributed by atoms with Crippen LogP contribution < -0.4 is 15.1 Å². The lowest BCUT2D eigenvalue weighted by atomic mass is 10.1. The summed E-state index contributed by atoms with van der Waals surface area (Å²) in [5.74, 6) is -0.328. The van der Waals surface area contributed by atoms with Crippen molar-refractivity contribution in [1.29, 1.82) is 0 Å². The van der Waals surface area contributed by atoms with Crippen LogP contribution in [0.15, 0.2) is 72.8 Å². The lowest BCUT2D eigenvalue weighted by molar-refractivity contribution is -0.127. The molecule has 1 unspecified atom stereocenters. The summed E-state index contributed by atoms with van der Waals surface area (Å²) in [6.45, 7) is 4.29. The number of carbonyl (C=O) groups is 2. The molecule has 34 heavy (non-hydrogen) atoms. The Balaban J connectivity index is 1.60. The first-order chi connectivity index (χ1) is 16.3. The quantitative estimate of drug-likeness (QED) is 0.455. The fourth-order valence-corrected chi connectivity index (χ4v) is 4.78. The topological polar surface area (TPSA) is 52.7 Å². The minimum absolute atomic E-state index is 0.0725. The molecule has 1 N–H and O–H groups in total. The number of aryl methyl sites for hydroxylation is 1. The molecular formula is C27H27Cl2N3O2. The van der Waals surface area contributed by atoms with Gasteiger partial charge in [-0.05, 0) is 62.2 Å². The normalized spacial score (nSPS) is 15.8. The third kappa shape index (κ3) is 5.21. The van der Waals surface area contributed by atoms with E-state index in [2.05, 4.69) is 10.2 Å². The number of nitrogens with one attached hydrogen (secondary N) is 1. The summed E-state index contributed by atoms with van der Waals surface area (Å²) < 4.78 is 0. The average molecular weight is 496 g/mol. The highest BCUT2D eigenvalue weighted by Crippen LogP contribution is 2.38. The molecule has 0 spiro atoms. The molecule has 1 atom stereocenters. The number of anilines is 3. The highest BCUT2D eigenvalue weighted by atomic mass is 35.5. The Kier molecular flexibility index (Phi) is 7.44. The van der Waals surface area contributed by atoms with E-state index >= 15 is 0 Å². The fraction of sp³-hybridized carbons (Fsp3) is 0.259. The highest BCUT2D eigenvalue weighted by molar-refractivity contribution is 6.35. The average Bonchev–Trinajstić information content (AvgIpc) is 2.93. The van der Waals surface area contributed by atoms with Gasteiger partial charge in [-0.1, -0.05) is 59.6 Å². The van der Waals surface area contributed by atoms with Crippen molar-refractivity contribution < 1.29 is 9.59 Å². The van der Waals surface area contributed by atoms with Gasteiger partial charge in [-0.25, -0.2) is 0 Å². The smallest absolute Gasteiger partial charge is 0.251 e. The van der Waals surface area contributed by atoms with Crippen LogP contribution in [0, 0.1) is 0 Å². The van der Waals surface area contributed by atoms with E-state index in [0.717, 1.165) is 22.6 Å². The molecule has 0 saturated carbocycles. The van der Waals surface area contributed by atoms with Gasteiger partial charge in [0.25, 0.3) is 5.91 Å². The number of nitrogens with zero attached hydrogens (tertiary/aromatic N) is 2. The summed E-state index contributed by atoms with van der Waals surface area (Å²) in [7, 11) is 0. The number of fused-ring (bicyclic) bond motifs is 1. The molecule has 0 saturated heterocycles. The number of hydrogen-bond acceptors (Lipinski definition) is 3. The van der Waals surface area contributed by atoms with E-state index in [1.807, 2.05) is 74.5 Å². The first-order valence-corrected chi connectivity index (χ1v) is 12.1. The molecule has 0 aromatic heterocycles. The van der Waals surface area contributed by atoms with E-state index in [1.54, 1.807) is 17.0 Å². The number of halogens is 2. The van der Waals surface area contributed by atoms with Crippen LogP contribution in [0.1, 0.15) is 25.8 Å². The molecule has 176 valence electrons. The van der Waals surface area contributed by atoms with Gasteiger partial charge >= 0.3 is 0 Å². The maximum atomic E-state index is 13.7. The van der Waals surface area contributed by atoms with Gasteiger partial charge in [0.05, 0.1) is 17.9 Å². The third-order valence-electron chi connectivity index (χ3n) is 5.89. The standard InChI is InChI=1S/C27H27Cl2N3O2/c1-18(2)32-25-11-7-6-10-24(25)31(21-8-4-3-5-9-21)17-23(27(32)34)30-26(33)15-13-19-12-14-20(28)16-22(19)29/h3-12,14,16,18,23H,13,15,17H2,1-2H3,(H,30,33). The van der Waals surface area contributed by atoms with E-state index in [-0.39, 0.29) is 24.3 Å². The van der Waals surface area contributed by atoms with Crippen molar-refractivity contribution in [3.63, 3.8) is 0 Å². The van der Waals surface area contributed by atoms with Crippen LogP contribution in [0.25, 0.3) is 0 Å². The zero-order valence-electron chi connectivity index (χ0n) is 19.2. The molecule has 1 aliphatic rings. The van der Waals surface area contributed by atoms with Gasteiger partial charge in [0, 0.05) is 28.2 Å². The molecule has 0 aliphatic carbocycles. The molecular weight excluding hydrogens is 469 g/mol. The van der Waals surface area contributed by atoms with Crippen LogP contribution in [0.5, 0.6) is 0 Å². The zero-order valence-corrected chi connectivity index (χ0v) is 20.7. The van der Waals surface area contributed by atoms with E-state index in [0.29, 0.717) is 23.0 Å². The molecule has 3 aromatic carbocycles. The predicted molar refractivity (Wildman–Crippen MR) is 139 cm³/mol. The fourth-order valence-electron chi connectivity index (χ4n) is 4.27. The van der Waals surface area contributed by atoms with Crippen molar-refractivity contribution in [3.05, 3.63) is 88.4 Å². The van der Waals surface area contributed by atoms with Gasteiger partial charge in [0.15, 0.2) is 0 Å². The molecule has 3 aromatic rings. The van der Waals surface area contributed by atoms with Crippen LogP contribution in [-0.4, -0.2) is 30.4 Å². The number of rotatable bonds is 6. The summed E-state index contributed by atoms with van der Waals surface area (Å²) in [5.41, 5.74) is 3.56. The summed E-state index contributed by atoms with van der Waals surface area (Å²) in [4.78, 5) is 30.5. The van der Waals surface area contributed by atoms with Crippen molar-refractivity contribution in [2.45, 2.75) is 38.8 Å². The van der Waals surface area contributed by atoms with Gasteiger partial charge in [-0.3, -0.25) is 9.59 Å². The van der Waals surface area contributed by atoms with Crippen molar-refractivity contribution in [1.82, 2.24) is 5.32 Å². The molecule has 4 rings (SSSR count). The predicted octanol–water partition coefficient (Wildman–Crippen LogP) is 6.00. The van der Waals surface area contributed by atoms with E-state index in [1.165, 1.54) is 0 Å². The molecule has 1 heterocycles. The van der Waals surface area contributed by atoms with Gasteiger partial charge in [0.2, 0.25) is 5.91 Å². The van der Waals surface area contributed by atoms with Crippen molar-refractivity contribution in [2.75, 3.05) is 16.3 Å². The third-order valence-corrected chi connectivity index (χ3v) is 6.48. The van der Waals surface area contributed by atoms with Crippen LogP contribution in [0.2, 0.25) is 10.0 Å². The second-order valence-corrected chi connectivity index (χ2v) is 9.44. The number of hydrogen-bond donors (Lipinski definition) is 1.